The summed E-state index contributed by atoms with van der Waals surface area (Å²) in [6.45, 7) is 7.01. The zero-order valence-electron chi connectivity index (χ0n) is 18.8. The summed E-state index contributed by atoms with van der Waals surface area (Å²) in [4.78, 5) is 17.3. The third-order valence-corrected chi connectivity index (χ3v) is 5.40. The second-order valence-electron chi connectivity index (χ2n) is 7.68. The summed E-state index contributed by atoms with van der Waals surface area (Å²) in [6, 6.07) is 8.95. The maximum absolute atomic E-state index is 9.74. The Balaban J connectivity index is 1.71. The Labute approximate surface area is 201 Å². The number of hydrogen-bond donors (Lipinski definition) is 5. The molecule has 3 rings (SSSR count). The second-order valence-corrected chi connectivity index (χ2v) is 8.53. The van der Waals surface area contributed by atoms with E-state index in [0.29, 0.717) is 28.1 Å². The van der Waals surface area contributed by atoms with Crippen molar-refractivity contribution in [3.8, 4) is 5.88 Å². The van der Waals surface area contributed by atoms with Gasteiger partial charge < -0.3 is 30.9 Å². The number of ether oxygens (including phenoxy) is 1. The molecular weight excluding hydrogens is 490 g/mol. The third-order valence-electron chi connectivity index (χ3n) is 4.82. The first kappa shape index (κ1) is 24.6. The van der Waals surface area contributed by atoms with E-state index in [2.05, 4.69) is 51.8 Å². The number of aliphatic hydroxyl groups excluding tert-OH is 2. The molecule has 0 spiro atoms. The van der Waals surface area contributed by atoms with Crippen molar-refractivity contribution < 1.29 is 14.9 Å². The van der Waals surface area contributed by atoms with Gasteiger partial charge in [-0.3, -0.25) is 0 Å². The molecule has 5 N–H and O–H groups in total. The van der Waals surface area contributed by atoms with E-state index in [1.807, 2.05) is 31.2 Å². The SMILES string of the molecule is CC(O)[C@@H](C)Nc1nc(Nc2cccc(Nc3nccc(O[C@H](C)[C@@H](C)O)n3)c2)ncc1Br. The molecular formula is C22H28BrN7O3. The van der Waals surface area contributed by atoms with Crippen molar-refractivity contribution in [2.75, 3.05) is 16.0 Å². The molecule has 0 radical (unpaired) electrons. The Morgan fingerprint density at radius 2 is 1.58 bits per heavy atom. The number of hydrogen-bond acceptors (Lipinski definition) is 10. The number of benzene rings is 1. The van der Waals surface area contributed by atoms with E-state index in [-0.39, 0.29) is 6.04 Å². The number of rotatable bonds is 10. The van der Waals surface area contributed by atoms with Crippen LogP contribution in [-0.2, 0) is 0 Å². The number of nitrogens with one attached hydrogen (secondary N) is 3. The molecule has 1 unspecified atom stereocenters. The van der Waals surface area contributed by atoms with Crippen LogP contribution in [0.15, 0.2) is 47.2 Å². The minimum Gasteiger partial charge on any atom is -0.472 e. The van der Waals surface area contributed by atoms with E-state index >= 15 is 0 Å². The van der Waals surface area contributed by atoms with Gasteiger partial charge in [0.05, 0.1) is 22.7 Å². The zero-order valence-corrected chi connectivity index (χ0v) is 20.4. The minimum absolute atomic E-state index is 0.181. The second kappa shape index (κ2) is 11.2. The predicted molar refractivity (Wildman–Crippen MR) is 131 cm³/mol. The van der Waals surface area contributed by atoms with Crippen molar-refractivity contribution in [3.63, 3.8) is 0 Å². The summed E-state index contributed by atoms with van der Waals surface area (Å²) in [5.41, 5.74) is 1.51. The lowest BCUT2D eigenvalue weighted by molar-refractivity contribution is 0.0574. The summed E-state index contributed by atoms with van der Waals surface area (Å²) in [5.74, 6) is 1.70. The Hall–Kier alpha value is -3.02. The number of nitrogens with zero attached hydrogens (tertiary/aromatic N) is 4. The largest absolute Gasteiger partial charge is 0.472 e. The maximum Gasteiger partial charge on any atom is 0.230 e. The van der Waals surface area contributed by atoms with Crippen LogP contribution in [0.4, 0.5) is 29.1 Å². The molecule has 33 heavy (non-hydrogen) atoms. The van der Waals surface area contributed by atoms with E-state index in [9.17, 15) is 10.2 Å². The fourth-order valence-electron chi connectivity index (χ4n) is 2.55. The summed E-state index contributed by atoms with van der Waals surface area (Å²) < 4.78 is 6.32. The van der Waals surface area contributed by atoms with Crippen molar-refractivity contribution in [1.29, 1.82) is 0 Å². The average Bonchev–Trinajstić information content (AvgIpc) is 2.76. The average molecular weight is 518 g/mol. The van der Waals surface area contributed by atoms with Crippen LogP contribution in [0, 0.1) is 0 Å². The molecule has 0 aliphatic heterocycles. The Bertz CT molecular complexity index is 1070. The van der Waals surface area contributed by atoms with Crippen LogP contribution < -0.4 is 20.7 Å². The van der Waals surface area contributed by atoms with Gasteiger partial charge in [-0.25, -0.2) is 9.97 Å². The quantitative estimate of drug-likeness (QED) is 0.269. The van der Waals surface area contributed by atoms with Crippen LogP contribution >= 0.6 is 15.9 Å². The molecule has 11 heteroatoms. The van der Waals surface area contributed by atoms with Gasteiger partial charge >= 0.3 is 0 Å². The lowest BCUT2D eigenvalue weighted by atomic mass is 10.2. The fraction of sp³-hybridized carbons (Fsp3) is 0.364. The van der Waals surface area contributed by atoms with E-state index in [4.69, 9.17) is 4.74 Å². The van der Waals surface area contributed by atoms with Crippen LogP contribution in [0.5, 0.6) is 5.88 Å². The van der Waals surface area contributed by atoms with Gasteiger partial charge in [-0.15, -0.1) is 0 Å². The summed E-state index contributed by atoms with van der Waals surface area (Å²) in [5, 5.41) is 28.8. The van der Waals surface area contributed by atoms with E-state index in [0.717, 1.165) is 11.4 Å². The smallest absolute Gasteiger partial charge is 0.230 e. The van der Waals surface area contributed by atoms with Crippen molar-refractivity contribution >= 4 is 45.0 Å². The van der Waals surface area contributed by atoms with Crippen LogP contribution in [0.1, 0.15) is 27.7 Å². The van der Waals surface area contributed by atoms with Gasteiger partial charge in [0.1, 0.15) is 11.9 Å². The summed E-state index contributed by atoms with van der Waals surface area (Å²) in [7, 11) is 0. The molecule has 10 nitrogen and oxygen atoms in total. The van der Waals surface area contributed by atoms with Crippen LogP contribution in [0.3, 0.4) is 0 Å². The number of anilines is 5. The molecule has 0 bridgehead atoms. The molecule has 0 aliphatic carbocycles. The van der Waals surface area contributed by atoms with Gasteiger partial charge in [-0.05, 0) is 61.8 Å². The third kappa shape index (κ3) is 7.24. The standard InChI is InChI=1S/C22H28BrN7O3/c1-12(13(2)31)26-20-18(23)11-25-22(30-20)28-17-7-5-6-16(10-17)27-21-24-9-8-19(29-21)33-15(4)14(3)32/h5-15,31-32H,1-4H3,(H,24,27,29)(H2,25,26,28,30)/t12-,13?,14-,15-/m1/s1. The molecule has 2 heterocycles. The topological polar surface area (TPSA) is 137 Å². The Kier molecular flexibility index (Phi) is 8.37. The maximum atomic E-state index is 9.74. The van der Waals surface area contributed by atoms with Crippen molar-refractivity contribution in [1.82, 2.24) is 19.9 Å². The van der Waals surface area contributed by atoms with Crippen molar-refractivity contribution in [3.05, 3.63) is 47.2 Å². The highest BCUT2D eigenvalue weighted by Crippen LogP contribution is 2.25. The number of aromatic nitrogens is 4. The lowest BCUT2D eigenvalue weighted by Crippen LogP contribution is -2.28. The van der Waals surface area contributed by atoms with Crippen LogP contribution in [0.2, 0.25) is 0 Å². The lowest BCUT2D eigenvalue weighted by Gasteiger charge is -2.18. The van der Waals surface area contributed by atoms with Crippen molar-refractivity contribution in [2.24, 2.45) is 0 Å². The van der Waals surface area contributed by atoms with Gasteiger partial charge in [0.15, 0.2) is 0 Å². The number of halogens is 1. The molecule has 0 aliphatic rings. The molecule has 2 aromatic heterocycles. The normalized spacial score (nSPS) is 14.6. The molecule has 0 fully saturated rings. The van der Waals surface area contributed by atoms with Gasteiger partial charge in [0, 0.05) is 29.8 Å². The molecule has 176 valence electrons. The molecule has 4 atom stereocenters. The molecule has 0 amide bonds. The molecule has 3 aromatic rings. The Morgan fingerprint density at radius 3 is 2.21 bits per heavy atom. The first-order valence-electron chi connectivity index (χ1n) is 10.5. The van der Waals surface area contributed by atoms with Gasteiger partial charge in [-0.2, -0.15) is 9.97 Å². The van der Waals surface area contributed by atoms with E-state index in [1.54, 1.807) is 39.2 Å². The first-order valence-corrected chi connectivity index (χ1v) is 11.3. The predicted octanol–water partition coefficient (Wildman–Crippen LogP) is 3.85. The monoisotopic (exact) mass is 517 g/mol. The Morgan fingerprint density at radius 1 is 0.909 bits per heavy atom. The van der Waals surface area contributed by atoms with Gasteiger partial charge in [0.2, 0.25) is 17.8 Å². The summed E-state index contributed by atoms with van der Waals surface area (Å²) >= 11 is 3.43. The molecule has 0 saturated carbocycles. The zero-order chi connectivity index (χ0) is 24.0. The van der Waals surface area contributed by atoms with Crippen molar-refractivity contribution in [2.45, 2.75) is 52.0 Å². The number of aliphatic hydroxyl groups is 2. The van der Waals surface area contributed by atoms with Gasteiger partial charge in [-0.1, -0.05) is 6.07 Å². The molecule has 1 aromatic carbocycles. The van der Waals surface area contributed by atoms with E-state index in [1.165, 1.54) is 0 Å². The first-order chi connectivity index (χ1) is 15.7. The highest BCUT2D eigenvalue weighted by atomic mass is 79.9. The fourth-order valence-corrected chi connectivity index (χ4v) is 2.86. The molecule has 0 saturated heterocycles. The highest BCUT2D eigenvalue weighted by Gasteiger charge is 2.13. The van der Waals surface area contributed by atoms with Crippen LogP contribution in [0.25, 0.3) is 0 Å². The minimum atomic E-state index is -0.620. The summed E-state index contributed by atoms with van der Waals surface area (Å²) in [6.07, 6.45) is 1.68. The highest BCUT2D eigenvalue weighted by molar-refractivity contribution is 9.10. The van der Waals surface area contributed by atoms with Crippen LogP contribution in [-0.4, -0.2) is 54.5 Å². The van der Waals surface area contributed by atoms with Gasteiger partial charge in [0.25, 0.3) is 0 Å². The van der Waals surface area contributed by atoms with E-state index < -0.39 is 18.3 Å².